The maximum Gasteiger partial charge on any atom is 0.188 e. The van der Waals surface area contributed by atoms with Gasteiger partial charge in [0.05, 0.1) is 40.0 Å². The number of likely N-dealkylation sites (N-methyl/N-ethyl adjacent to an activating group) is 1. The molecule has 0 N–H and O–H groups in total. The van der Waals surface area contributed by atoms with Gasteiger partial charge < -0.3 is 28.4 Å². The Bertz CT molecular complexity index is 930. The third-order valence-electron chi connectivity index (χ3n) is 6.10. The van der Waals surface area contributed by atoms with E-state index in [0.717, 1.165) is 35.4 Å². The van der Waals surface area contributed by atoms with Crippen LogP contribution in [0.15, 0.2) is 24.3 Å². The second kappa shape index (κ2) is 8.34. The van der Waals surface area contributed by atoms with Gasteiger partial charge in [-0.1, -0.05) is 6.07 Å². The molecule has 0 fully saturated rings. The van der Waals surface area contributed by atoms with Crippen LogP contribution in [0.5, 0.6) is 23.0 Å². The molecule has 4 rings (SSSR count). The molecular weight excluding hydrogens is 386 g/mol. The molecule has 2 aliphatic rings. The Labute approximate surface area is 177 Å². The summed E-state index contributed by atoms with van der Waals surface area (Å²) in [5.41, 5.74) is 4.26. The SMILES string of the molecule is COc1cc2c(cc1OC)[C@@H]1O[C@H](OC)c3c(ccc(OC)c3OC)[C@@H]1N(C)CC2. The molecule has 2 aromatic carbocycles. The Morgan fingerprint density at radius 3 is 2.20 bits per heavy atom. The fraction of sp³-hybridized carbons (Fsp3) is 0.478. The quantitative estimate of drug-likeness (QED) is 0.739. The smallest absolute Gasteiger partial charge is 0.188 e. The standard InChI is InChI=1S/C23H29NO6/c1-24-10-9-13-11-17(26-3)18(27-4)12-15(13)21-20(24)14-7-8-16(25-2)22(28-5)19(14)23(29-6)30-21/h7-8,11-12,20-21,23H,9-10H2,1-6H3/t20-,21-,23-/m0/s1. The molecule has 0 aromatic heterocycles. The van der Waals surface area contributed by atoms with Gasteiger partial charge in [0.25, 0.3) is 0 Å². The van der Waals surface area contributed by atoms with Gasteiger partial charge in [0.2, 0.25) is 0 Å². The number of benzene rings is 2. The first kappa shape index (κ1) is 20.8. The highest BCUT2D eigenvalue weighted by Gasteiger charge is 2.43. The number of rotatable bonds is 5. The molecule has 0 saturated heterocycles. The molecule has 2 aromatic rings. The van der Waals surface area contributed by atoms with E-state index < -0.39 is 6.29 Å². The van der Waals surface area contributed by atoms with Gasteiger partial charge in [-0.2, -0.15) is 0 Å². The van der Waals surface area contributed by atoms with E-state index >= 15 is 0 Å². The largest absolute Gasteiger partial charge is 0.493 e. The van der Waals surface area contributed by atoms with E-state index in [1.807, 2.05) is 12.1 Å². The predicted molar refractivity (Wildman–Crippen MR) is 112 cm³/mol. The van der Waals surface area contributed by atoms with Gasteiger partial charge in [0, 0.05) is 13.7 Å². The second-order valence-corrected chi connectivity index (χ2v) is 7.51. The average molecular weight is 415 g/mol. The zero-order valence-corrected chi connectivity index (χ0v) is 18.4. The van der Waals surface area contributed by atoms with Gasteiger partial charge in [-0.25, -0.2) is 0 Å². The summed E-state index contributed by atoms with van der Waals surface area (Å²) < 4.78 is 34.7. The van der Waals surface area contributed by atoms with Crippen LogP contribution in [-0.4, -0.2) is 54.0 Å². The second-order valence-electron chi connectivity index (χ2n) is 7.51. The lowest BCUT2D eigenvalue weighted by Gasteiger charge is -2.41. The number of hydrogen-bond donors (Lipinski definition) is 0. The number of methoxy groups -OCH3 is 5. The monoisotopic (exact) mass is 415 g/mol. The molecule has 0 aliphatic carbocycles. The number of ether oxygens (including phenoxy) is 6. The molecule has 0 spiro atoms. The Kier molecular flexibility index (Phi) is 5.77. The van der Waals surface area contributed by atoms with Crippen LogP contribution < -0.4 is 18.9 Å². The van der Waals surface area contributed by atoms with Crippen molar-refractivity contribution >= 4 is 0 Å². The first-order chi connectivity index (χ1) is 14.6. The van der Waals surface area contributed by atoms with E-state index in [4.69, 9.17) is 28.4 Å². The Morgan fingerprint density at radius 1 is 0.867 bits per heavy atom. The number of hydrogen-bond acceptors (Lipinski definition) is 7. The molecule has 2 aliphatic heterocycles. The summed E-state index contributed by atoms with van der Waals surface area (Å²) in [7, 11) is 10.3. The van der Waals surface area contributed by atoms with E-state index in [1.54, 1.807) is 35.5 Å². The molecule has 3 atom stereocenters. The van der Waals surface area contributed by atoms with Gasteiger partial charge in [-0.3, -0.25) is 4.90 Å². The number of nitrogens with zero attached hydrogens (tertiary/aromatic N) is 1. The summed E-state index contributed by atoms with van der Waals surface area (Å²) in [5.74, 6) is 2.72. The highest BCUT2D eigenvalue weighted by Crippen LogP contribution is 2.54. The maximum absolute atomic E-state index is 6.56. The van der Waals surface area contributed by atoms with E-state index in [1.165, 1.54) is 5.56 Å². The van der Waals surface area contributed by atoms with Crippen LogP contribution in [0.1, 0.15) is 40.7 Å². The molecule has 30 heavy (non-hydrogen) atoms. The molecule has 0 amide bonds. The molecule has 0 radical (unpaired) electrons. The molecular formula is C23H29NO6. The normalized spacial score (nSPS) is 22.9. The van der Waals surface area contributed by atoms with Crippen LogP contribution in [0, 0.1) is 0 Å². The number of fused-ring (bicyclic) bond motifs is 5. The van der Waals surface area contributed by atoms with Gasteiger partial charge in [0.1, 0.15) is 6.10 Å². The Morgan fingerprint density at radius 2 is 1.57 bits per heavy atom. The summed E-state index contributed by atoms with van der Waals surface area (Å²) in [6.07, 6.45) is 0.0598. The lowest BCUT2D eigenvalue weighted by molar-refractivity contribution is -0.190. The van der Waals surface area contributed by atoms with Gasteiger partial charge >= 0.3 is 0 Å². The summed E-state index contributed by atoms with van der Waals surface area (Å²) in [6.45, 7) is 0.873. The van der Waals surface area contributed by atoms with Crippen molar-refractivity contribution in [3.63, 3.8) is 0 Å². The minimum absolute atomic E-state index is 0.00874. The maximum atomic E-state index is 6.56. The van der Waals surface area contributed by atoms with Crippen LogP contribution in [-0.2, 0) is 15.9 Å². The first-order valence-electron chi connectivity index (χ1n) is 9.95. The van der Waals surface area contributed by atoms with Crippen LogP contribution >= 0.6 is 0 Å². The average Bonchev–Trinajstić information content (AvgIpc) is 2.92. The van der Waals surface area contributed by atoms with Gasteiger partial charge in [-0.05, 0) is 48.4 Å². The van der Waals surface area contributed by atoms with E-state index in [2.05, 4.69) is 24.1 Å². The minimum Gasteiger partial charge on any atom is -0.493 e. The highest BCUT2D eigenvalue weighted by molar-refractivity contribution is 5.55. The highest BCUT2D eigenvalue weighted by atomic mass is 16.7. The molecule has 7 heteroatoms. The van der Waals surface area contributed by atoms with Crippen molar-refractivity contribution in [2.24, 2.45) is 0 Å². The van der Waals surface area contributed by atoms with Crippen LogP contribution in [0.25, 0.3) is 0 Å². The Hall–Kier alpha value is -2.48. The van der Waals surface area contributed by atoms with Crippen molar-refractivity contribution in [2.75, 3.05) is 49.1 Å². The van der Waals surface area contributed by atoms with Crippen molar-refractivity contribution in [2.45, 2.75) is 24.9 Å². The molecule has 0 saturated carbocycles. The summed E-state index contributed by atoms with van der Waals surface area (Å²) in [4.78, 5) is 2.32. The zero-order valence-electron chi connectivity index (χ0n) is 18.4. The zero-order chi connectivity index (χ0) is 21.4. The molecule has 162 valence electrons. The summed E-state index contributed by atoms with van der Waals surface area (Å²) in [6, 6.07) is 8.11. The van der Waals surface area contributed by atoms with E-state index in [0.29, 0.717) is 17.2 Å². The lowest BCUT2D eigenvalue weighted by atomic mass is 9.87. The van der Waals surface area contributed by atoms with Crippen LogP contribution in [0.3, 0.4) is 0 Å². The fourth-order valence-electron chi connectivity index (χ4n) is 4.65. The van der Waals surface area contributed by atoms with Gasteiger partial charge in [-0.15, -0.1) is 0 Å². The van der Waals surface area contributed by atoms with Crippen LogP contribution in [0.2, 0.25) is 0 Å². The van der Waals surface area contributed by atoms with Crippen molar-refractivity contribution in [3.05, 3.63) is 46.5 Å². The molecule has 2 heterocycles. The lowest BCUT2D eigenvalue weighted by Crippen LogP contribution is -2.35. The summed E-state index contributed by atoms with van der Waals surface area (Å²) >= 11 is 0. The fourth-order valence-corrected chi connectivity index (χ4v) is 4.65. The molecule has 0 bridgehead atoms. The van der Waals surface area contributed by atoms with Crippen molar-refractivity contribution in [3.8, 4) is 23.0 Å². The third-order valence-corrected chi connectivity index (χ3v) is 6.10. The first-order valence-corrected chi connectivity index (χ1v) is 9.95. The minimum atomic E-state index is -0.584. The predicted octanol–water partition coefficient (Wildman–Crippen LogP) is 3.67. The van der Waals surface area contributed by atoms with Crippen molar-refractivity contribution in [1.29, 1.82) is 0 Å². The van der Waals surface area contributed by atoms with E-state index in [-0.39, 0.29) is 12.1 Å². The van der Waals surface area contributed by atoms with E-state index in [9.17, 15) is 0 Å². The Balaban J connectivity index is 1.92. The molecule has 7 nitrogen and oxygen atoms in total. The topological polar surface area (TPSA) is 58.6 Å². The van der Waals surface area contributed by atoms with Crippen LogP contribution in [0.4, 0.5) is 0 Å². The van der Waals surface area contributed by atoms with Crippen molar-refractivity contribution < 1.29 is 28.4 Å². The van der Waals surface area contributed by atoms with Crippen molar-refractivity contribution in [1.82, 2.24) is 4.90 Å². The summed E-state index contributed by atoms with van der Waals surface area (Å²) in [5, 5.41) is 0. The van der Waals surface area contributed by atoms with Gasteiger partial charge in [0.15, 0.2) is 29.3 Å². The third kappa shape index (κ3) is 3.17. The molecule has 0 unspecified atom stereocenters.